The van der Waals surface area contributed by atoms with E-state index in [1.54, 1.807) is 19.0 Å². The zero-order chi connectivity index (χ0) is 12.9. The summed E-state index contributed by atoms with van der Waals surface area (Å²) in [6.07, 6.45) is 1.82. The van der Waals surface area contributed by atoms with Gasteiger partial charge in [-0.25, -0.2) is 4.79 Å². The van der Waals surface area contributed by atoms with Gasteiger partial charge in [-0.3, -0.25) is 4.79 Å². The molecule has 0 aromatic carbocycles. The van der Waals surface area contributed by atoms with Gasteiger partial charge in [0.1, 0.15) is 5.57 Å². The van der Waals surface area contributed by atoms with Gasteiger partial charge in [0.2, 0.25) is 0 Å². The summed E-state index contributed by atoms with van der Waals surface area (Å²) in [7, 11) is 4.79. The van der Waals surface area contributed by atoms with Gasteiger partial charge in [0.15, 0.2) is 5.78 Å². The lowest BCUT2D eigenvalue weighted by molar-refractivity contribution is -0.138. The number of ketones is 1. The first-order valence-electron chi connectivity index (χ1n) is 5.17. The second-order valence-corrected chi connectivity index (χ2v) is 5.16. The predicted molar refractivity (Wildman–Crippen MR) is 62.9 cm³/mol. The molecule has 0 saturated carbocycles. The van der Waals surface area contributed by atoms with Crippen molar-refractivity contribution in [2.24, 2.45) is 5.41 Å². The fourth-order valence-electron chi connectivity index (χ4n) is 1.18. The summed E-state index contributed by atoms with van der Waals surface area (Å²) >= 11 is 0. The minimum Gasteiger partial charge on any atom is -0.465 e. The third-order valence-corrected chi connectivity index (χ3v) is 1.78. The van der Waals surface area contributed by atoms with E-state index in [0.29, 0.717) is 6.42 Å². The van der Waals surface area contributed by atoms with Crippen LogP contribution in [0, 0.1) is 5.41 Å². The molecule has 0 aliphatic heterocycles. The van der Waals surface area contributed by atoms with Crippen LogP contribution in [0.25, 0.3) is 0 Å². The highest BCUT2D eigenvalue weighted by molar-refractivity contribution is 6.17. The number of Topliss-reactive ketones (excluding diaryl/α,β-unsaturated/α-hetero) is 1. The molecule has 0 spiro atoms. The van der Waals surface area contributed by atoms with Gasteiger partial charge in [0.05, 0.1) is 7.11 Å². The molecular weight excluding hydrogens is 206 g/mol. The Morgan fingerprint density at radius 1 is 1.25 bits per heavy atom. The molecule has 0 aromatic heterocycles. The Hall–Kier alpha value is -1.32. The van der Waals surface area contributed by atoms with Crippen LogP contribution in [-0.4, -0.2) is 37.9 Å². The topological polar surface area (TPSA) is 46.6 Å². The molecular formula is C12H21NO3. The van der Waals surface area contributed by atoms with E-state index in [-0.39, 0.29) is 16.8 Å². The van der Waals surface area contributed by atoms with Crippen LogP contribution in [0.1, 0.15) is 27.2 Å². The first kappa shape index (κ1) is 14.7. The maximum atomic E-state index is 11.9. The summed E-state index contributed by atoms with van der Waals surface area (Å²) in [5.41, 5.74) is -0.0429. The lowest BCUT2D eigenvalue weighted by Crippen LogP contribution is -2.22. The molecule has 0 unspecified atom stereocenters. The highest BCUT2D eigenvalue weighted by Crippen LogP contribution is 2.21. The predicted octanol–water partition coefficient (Wildman–Crippen LogP) is 1.61. The van der Waals surface area contributed by atoms with E-state index in [1.807, 2.05) is 20.8 Å². The van der Waals surface area contributed by atoms with Crippen molar-refractivity contribution in [1.29, 1.82) is 0 Å². The van der Waals surface area contributed by atoms with Crippen molar-refractivity contribution in [2.45, 2.75) is 27.2 Å². The SMILES string of the molecule is COC(=O)/C(=C\N(C)C)C(=O)CC(C)(C)C. The average molecular weight is 227 g/mol. The minimum atomic E-state index is -0.581. The highest BCUT2D eigenvalue weighted by Gasteiger charge is 2.24. The molecule has 4 heteroatoms. The molecule has 0 rings (SSSR count). The van der Waals surface area contributed by atoms with E-state index in [2.05, 4.69) is 4.74 Å². The summed E-state index contributed by atoms with van der Waals surface area (Å²) in [6.45, 7) is 5.86. The van der Waals surface area contributed by atoms with Crippen LogP contribution in [-0.2, 0) is 14.3 Å². The Morgan fingerprint density at radius 3 is 2.06 bits per heavy atom. The van der Waals surface area contributed by atoms with Gasteiger partial charge < -0.3 is 9.64 Å². The van der Waals surface area contributed by atoms with Crippen molar-refractivity contribution in [2.75, 3.05) is 21.2 Å². The summed E-state index contributed by atoms with van der Waals surface area (Å²) < 4.78 is 4.59. The highest BCUT2D eigenvalue weighted by atomic mass is 16.5. The van der Waals surface area contributed by atoms with Gasteiger partial charge in [-0.2, -0.15) is 0 Å². The van der Waals surface area contributed by atoms with Gasteiger partial charge in [0, 0.05) is 26.7 Å². The molecule has 0 radical (unpaired) electrons. The van der Waals surface area contributed by atoms with E-state index in [1.165, 1.54) is 13.3 Å². The smallest absolute Gasteiger partial charge is 0.342 e. The molecule has 0 aromatic rings. The Kier molecular flexibility index (Phi) is 5.21. The van der Waals surface area contributed by atoms with Crippen molar-refractivity contribution < 1.29 is 14.3 Å². The third kappa shape index (κ3) is 5.53. The number of nitrogens with zero attached hydrogens (tertiary/aromatic N) is 1. The Labute approximate surface area is 97.3 Å². The average Bonchev–Trinajstić information content (AvgIpc) is 2.09. The van der Waals surface area contributed by atoms with Crippen LogP contribution in [0.5, 0.6) is 0 Å². The van der Waals surface area contributed by atoms with Crippen molar-refractivity contribution in [3.8, 4) is 0 Å². The lowest BCUT2D eigenvalue weighted by atomic mass is 9.88. The van der Waals surface area contributed by atoms with Crippen molar-refractivity contribution in [3.63, 3.8) is 0 Å². The summed E-state index contributed by atoms with van der Waals surface area (Å²) in [5, 5.41) is 0. The van der Waals surface area contributed by atoms with Crippen molar-refractivity contribution in [3.05, 3.63) is 11.8 Å². The fraction of sp³-hybridized carbons (Fsp3) is 0.667. The molecule has 0 aliphatic carbocycles. The van der Waals surface area contributed by atoms with Crippen LogP contribution in [0.2, 0.25) is 0 Å². The van der Waals surface area contributed by atoms with Gasteiger partial charge in [-0.05, 0) is 5.41 Å². The number of rotatable bonds is 4. The second-order valence-electron chi connectivity index (χ2n) is 5.16. The number of methoxy groups -OCH3 is 1. The monoisotopic (exact) mass is 227 g/mol. The van der Waals surface area contributed by atoms with Crippen LogP contribution in [0.15, 0.2) is 11.8 Å². The van der Waals surface area contributed by atoms with Gasteiger partial charge >= 0.3 is 5.97 Å². The molecule has 0 saturated heterocycles. The van der Waals surface area contributed by atoms with Gasteiger partial charge in [0.25, 0.3) is 0 Å². The molecule has 0 fully saturated rings. The van der Waals surface area contributed by atoms with Gasteiger partial charge in [-0.15, -0.1) is 0 Å². The van der Waals surface area contributed by atoms with Crippen molar-refractivity contribution in [1.82, 2.24) is 4.90 Å². The molecule has 0 aliphatic rings. The fourth-order valence-corrected chi connectivity index (χ4v) is 1.18. The van der Waals surface area contributed by atoms with E-state index >= 15 is 0 Å². The molecule has 0 amide bonds. The quantitative estimate of drug-likeness (QED) is 0.317. The van der Waals surface area contributed by atoms with E-state index < -0.39 is 5.97 Å². The molecule has 0 atom stereocenters. The van der Waals surface area contributed by atoms with E-state index in [9.17, 15) is 9.59 Å². The van der Waals surface area contributed by atoms with E-state index in [4.69, 9.17) is 0 Å². The minimum absolute atomic E-state index is 0.0995. The summed E-state index contributed by atoms with van der Waals surface area (Å²) in [4.78, 5) is 25.0. The Balaban J connectivity index is 4.93. The molecule has 0 bridgehead atoms. The standard InChI is InChI=1S/C12H21NO3/c1-12(2,3)7-10(14)9(8-13(4)5)11(15)16-6/h8H,7H2,1-6H3/b9-8-. The molecule has 92 valence electrons. The maximum absolute atomic E-state index is 11.9. The van der Waals surface area contributed by atoms with E-state index in [0.717, 1.165) is 0 Å². The second kappa shape index (κ2) is 5.68. The van der Waals surface area contributed by atoms with Crippen LogP contribution in [0.3, 0.4) is 0 Å². The molecule has 4 nitrogen and oxygen atoms in total. The normalized spacial score (nSPS) is 12.2. The summed E-state index contributed by atoms with van der Waals surface area (Å²) in [6, 6.07) is 0. The molecule has 0 N–H and O–H groups in total. The number of carbonyl (C=O) groups is 2. The number of carbonyl (C=O) groups excluding carboxylic acids is 2. The molecule has 16 heavy (non-hydrogen) atoms. The largest absolute Gasteiger partial charge is 0.465 e. The zero-order valence-corrected chi connectivity index (χ0v) is 11.0. The van der Waals surface area contributed by atoms with Crippen LogP contribution >= 0.6 is 0 Å². The maximum Gasteiger partial charge on any atom is 0.342 e. The number of esters is 1. The van der Waals surface area contributed by atoms with Gasteiger partial charge in [-0.1, -0.05) is 20.8 Å². The Morgan fingerprint density at radius 2 is 1.75 bits per heavy atom. The van der Waals surface area contributed by atoms with Crippen molar-refractivity contribution >= 4 is 11.8 Å². The molecule has 0 heterocycles. The zero-order valence-electron chi connectivity index (χ0n) is 11.0. The summed E-state index contributed by atoms with van der Waals surface area (Å²) in [5.74, 6) is -0.768. The number of hydrogen-bond acceptors (Lipinski definition) is 4. The number of hydrogen-bond donors (Lipinski definition) is 0. The third-order valence-electron chi connectivity index (χ3n) is 1.78. The Bertz CT molecular complexity index is 298. The first-order chi connectivity index (χ1) is 7.17. The lowest BCUT2D eigenvalue weighted by Gasteiger charge is -2.18. The van der Waals surface area contributed by atoms with Crippen LogP contribution < -0.4 is 0 Å². The first-order valence-corrected chi connectivity index (χ1v) is 5.17. The van der Waals surface area contributed by atoms with Crippen LogP contribution in [0.4, 0.5) is 0 Å². The number of ether oxygens (including phenoxy) is 1.